The van der Waals surface area contributed by atoms with Crippen LogP contribution >= 0.6 is 0 Å². The third-order valence-corrected chi connectivity index (χ3v) is 8.82. The van der Waals surface area contributed by atoms with Gasteiger partial charge in [-0.3, -0.25) is 0 Å². The van der Waals surface area contributed by atoms with Crippen LogP contribution in [0.15, 0.2) is 132 Å². The molecule has 0 aromatic heterocycles. The van der Waals surface area contributed by atoms with Gasteiger partial charge >= 0.3 is 207 Å². The second kappa shape index (κ2) is 9.38. The minimum atomic E-state index is -0.998. The van der Waals surface area contributed by atoms with E-state index in [0.29, 0.717) is 11.1 Å². The molecule has 0 aliphatic carbocycles. The monoisotopic (exact) mass is 500 g/mol. The molecule has 0 unspecified atom stereocenters. The summed E-state index contributed by atoms with van der Waals surface area (Å²) in [5, 5.41) is 21.4. The van der Waals surface area contributed by atoms with Gasteiger partial charge in [0.05, 0.1) is 0 Å². The van der Waals surface area contributed by atoms with Gasteiger partial charge in [0.1, 0.15) is 0 Å². The Morgan fingerprint density at radius 2 is 0.794 bits per heavy atom. The molecule has 0 bridgehead atoms. The Balaban J connectivity index is 1.98. The fraction of sp³-hybridized carbons (Fsp3) is 0.0323. The predicted molar refractivity (Wildman–Crippen MR) is 137 cm³/mol. The number of rotatable bonds is 4. The summed E-state index contributed by atoms with van der Waals surface area (Å²) in [6, 6.07) is 45.4. The van der Waals surface area contributed by atoms with Gasteiger partial charge in [-0.1, -0.05) is 0 Å². The van der Waals surface area contributed by atoms with Crippen molar-refractivity contribution in [3.8, 4) is 12.1 Å². The van der Waals surface area contributed by atoms with Crippen molar-refractivity contribution in [1.82, 2.24) is 0 Å². The van der Waals surface area contributed by atoms with Gasteiger partial charge < -0.3 is 0 Å². The number of allylic oxidation sites excluding steroid dienone is 2. The van der Waals surface area contributed by atoms with Gasteiger partial charge in [-0.05, 0) is 0 Å². The van der Waals surface area contributed by atoms with Crippen molar-refractivity contribution in [2.45, 2.75) is 5.41 Å². The van der Waals surface area contributed by atoms with E-state index in [1.165, 1.54) is 0 Å². The zero-order valence-electron chi connectivity index (χ0n) is 18.3. The zero-order valence-corrected chi connectivity index (χ0v) is 20.1. The molecule has 160 valence electrons. The second-order valence-electron chi connectivity index (χ2n) is 7.95. The molecule has 3 heteroatoms. The first-order valence-electron chi connectivity index (χ1n) is 11.0. The van der Waals surface area contributed by atoms with Crippen LogP contribution in [0.3, 0.4) is 0 Å². The Morgan fingerprint density at radius 1 is 0.471 bits per heavy atom. The summed E-state index contributed by atoms with van der Waals surface area (Å²) in [6.07, 6.45) is 0. The van der Waals surface area contributed by atoms with E-state index in [4.69, 9.17) is 0 Å². The summed E-state index contributed by atoms with van der Waals surface area (Å²) in [5.74, 6) is 0. The molecule has 4 aromatic rings. The van der Waals surface area contributed by atoms with Crippen LogP contribution in [0.5, 0.6) is 0 Å². The quantitative estimate of drug-likeness (QED) is 0.299. The average Bonchev–Trinajstić information content (AvgIpc) is 2.93. The first-order chi connectivity index (χ1) is 16.8. The summed E-state index contributed by atoms with van der Waals surface area (Å²) < 4.78 is 2.03. The van der Waals surface area contributed by atoms with E-state index in [2.05, 4.69) is 36.4 Å². The van der Waals surface area contributed by atoms with E-state index in [1.807, 2.05) is 97.1 Å². The van der Waals surface area contributed by atoms with Crippen molar-refractivity contribution < 1.29 is 0 Å². The van der Waals surface area contributed by atoms with E-state index >= 15 is 0 Å². The third kappa shape index (κ3) is 3.49. The van der Waals surface area contributed by atoms with Gasteiger partial charge in [0, 0.05) is 0 Å². The average molecular weight is 499 g/mol. The summed E-state index contributed by atoms with van der Waals surface area (Å²) in [7, 11) is 0. The van der Waals surface area contributed by atoms with Crippen molar-refractivity contribution in [3.05, 3.63) is 155 Å². The molecular weight excluding hydrogens is 479 g/mol. The minimum absolute atomic E-state index is 0.230. The normalized spacial score (nSPS) is 14.9. The Bertz CT molecular complexity index is 1340. The molecule has 0 radical (unpaired) electrons. The van der Waals surface area contributed by atoms with Gasteiger partial charge in [-0.2, -0.15) is 0 Å². The first kappa shape index (κ1) is 21.7. The standard InChI is InChI=1S/C31H20N2Se/c32-21-27-29(23-13-5-1-6-14-23)34-30(24-15-7-2-8-16-24)28(22-33)31(27,25-17-9-3-10-18-25)26-19-11-4-12-20-26/h1-20H. The molecule has 1 aliphatic heterocycles. The summed E-state index contributed by atoms with van der Waals surface area (Å²) in [6.45, 7) is 0. The zero-order chi connectivity index (χ0) is 23.4. The van der Waals surface area contributed by atoms with Crippen LogP contribution < -0.4 is 0 Å². The molecule has 1 aliphatic rings. The van der Waals surface area contributed by atoms with Gasteiger partial charge in [0.15, 0.2) is 0 Å². The van der Waals surface area contributed by atoms with Crippen LogP contribution in [-0.4, -0.2) is 15.0 Å². The molecule has 5 rings (SSSR count). The Labute approximate surface area is 206 Å². The summed E-state index contributed by atoms with van der Waals surface area (Å²) in [4.78, 5) is 0. The second-order valence-corrected chi connectivity index (χ2v) is 10.1. The molecule has 0 atom stereocenters. The summed E-state index contributed by atoms with van der Waals surface area (Å²) >= 11 is -0.230. The first-order valence-corrected chi connectivity index (χ1v) is 12.7. The number of hydrogen-bond donors (Lipinski definition) is 0. The molecule has 0 fully saturated rings. The van der Waals surface area contributed by atoms with Crippen LogP contribution in [0.25, 0.3) is 8.94 Å². The third-order valence-electron chi connectivity index (χ3n) is 6.12. The van der Waals surface area contributed by atoms with Crippen LogP contribution in [0.1, 0.15) is 22.3 Å². The van der Waals surface area contributed by atoms with Gasteiger partial charge in [-0.15, -0.1) is 0 Å². The SMILES string of the molecule is N#CC1=C(c2ccccc2)[Se]C(c2ccccc2)=C(C#N)C1(c1ccccc1)c1ccccc1. The van der Waals surface area contributed by atoms with Crippen molar-refractivity contribution >= 4 is 23.9 Å². The van der Waals surface area contributed by atoms with Crippen LogP contribution in [0.2, 0.25) is 0 Å². The molecule has 0 saturated carbocycles. The Morgan fingerprint density at radius 3 is 1.12 bits per heavy atom. The maximum atomic E-state index is 10.7. The Kier molecular flexibility index (Phi) is 5.99. The van der Waals surface area contributed by atoms with E-state index < -0.39 is 5.41 Å². The van der Waals surface area contributed by atoms with Crippen molar-refractivity contribution in [2.24, 2.45) is 0 Å². The summed E-state index contributed by atoms with van der Waals surface area (Å²) in [5.41, 5.74) is 4.17. The molecule has 34 heavy (non-hydrogen) atoms. The fourth-order valence-corrected chi connectivity index (χ4v) is 7.40. The van der Waals surface area contributed by atoms with Gasteiger partial charge in [0.2, 0.25) is 0 Å². The molecule has 1 heterocycles. The van der Waals surface area contributed by atoms with E-state index in [0.717, 1.165) is 31.2 Å². The van der Waals surface area contributed by atoms with E-state index in [1.54, 1.807) is 0 Å². The van der Waals surface area contributed by atoms with Gasteiger partial charge in [-0.25, -0.2) is 0 Å². The molecule has 0 spiro atoms. The number of hydrogen-bond acceptors (Lipinski definition) is 2. The van der Waals surface area contributed by atoms with E-state index in [9.17, 15) is 10.5 Å². The Hall–Kier alpha value is -4.14. The van der Waals surface area contributed by atoms with Crippen molar-refractivity contribution in [2.75, 3.05) is 0 Å². The number of nitrogens with zero attached hydrogens (tertiary/aromatic N) is 2. The van der Waals surface area contributed by atoms with Gasteiger partial charge in [0.25, 0.3) is 0 Å². The number of benzene rings is 4. The molecule has 0 amide bonds. The van der Waals surface area contributed by atoms with Crippen LogP contribution in [0.4, 0.5) is 0 Å². The van der Waals surface area contributed by atoms with Crippen molar-refractivity contribution in [3.63, 3.8) is 0 Å². The fourth-order valence-electron chi connectivity index (χ4n) is 4.64. The predicted octanol–water partition coefficient (Wildman–Crippen LogP) is 6.56. The van der Waals surface area contributed by atoms with Crippen molar-refractivity contribution in [1.29, 1.82) is 10.5 Å². The molecular formula is C31H20N2Se. The van der Waals surface area contributed by atoms with Crippen LogP contribution in [-0.2, 0) is 5.41 Å². The maximum absolute atomic E-state index is 10.7. The van der Waals surface area contributed by atoms with E-state index in [-0.39, 0.29) is 15.0 Å². The molecule has 2 nitrogen and oxygen atoms in total. The molecule has 4 aromatic carbocycles. The molecule has 0 saturated heterocycles. The topological polar surface area (TPSA) is 47.6 Å². The number of nitriles is 2. The molecule has 0 N–H and O–H groups in total. The van der Waals surface area contributed by atoms with Crippen LogP contribution in [0, 0.1) is 22.7 Å².